The van der Waals surface area contributed by atoms with E-state index in [9.17, 15) is 23.1 Å². The molecule has 0 radical (unpaired) electrons. The van der Waals surface area contributed by atoms with E-state index in [1.807, 2.05) is 19.1 Å². The molecule has 0 saturated carbocycles. The Morgan fingerprint density at radius 3 is 2.42 bits per heavy atom. The summed E-state index contributed by atoms with van der Waals surface area (Å²) in [5.41, 5.74) is 1.15. The van der Waals surface area contributed by atoms with E-state index in [1.54, 1.807) is 12.1 Å². The molecule has 0 aliphatic carbocycles. The number of carboxylic acids is 1. The molecule has 3 nitrogen and oxygen atoms in total. The average molecular weight is 331 g/mol. The second-order valence-electron chi connectivity index (χ2n) is 5.40. The maximum absolute atomic E-state index is 12.9. The van der Waals surface area contributed by atoms with Crippen molar-refractivity contribution in [1.82, 2.24) is 4.98 Å². The number of alkyl halides is 3. The second kappa shape index (κ2) is 5.63. The predicted octanol–water partition coefficient (Wildman–Crippen LogP) is 4.93. The van der Waals surface area contributed by atoms with Gasteiger partial charge in [0.15, 0.2) is 0 Å². The Balaban J connectivity index is 2.30. The number of aryl methyl sites for hydroxylation is 1. The Morgan fingerprint density at radius 1 is 1.08 bits per heavy atom. The van der Waals surface area contributed by atoms with Crippen molar-refractivity contribution in [2.45, 2.75) is 13.1 Å². The number of pyridine rings is 1. The van der Waals surface area contributed by atoms with E-state index >= 15 is 0 Å². The Bertz CT molecular complexity index is 949. The lowest BCUT2D eigenvalue weighted by molar-refractivity contribution is -0.137. The van der Waals surface area contributed by atoms with E-state index in [0.717, 1.165) is 23.3 Å². The van der Waals surface area contributed by atoms with Crippen molar-refractivity contribution in [2.75, 3.05) is 0 Å². The minimum atomic E-state index is -4.54. The molecular formula is C18H12F3NO2. The zero-order valence-electron chi connectivity index (χ0n) is 12.6. The van der Waals surface area contributed by atoms with E-state index in [1.165, 1.54) is 12.1 Å². The number of carbonyl (C=O) groups is 1. The molecule has 1 N–H and O–H groups in total. The van der Waals surface area contributed by atoms with Gasteiger partial charge in [-0.25, -0.2) is 9.78 Å². The Labute approximate surface area is 135 Å². The fourth-order valence-electron chi connectivity index (χ4n) is 2.58. The fraction of sp³-hybridized carbons (Fsp3) is 0.111. The lowest BCUT2D eigenvalue weighted by Crippen LogP contribution is -2.06. The second-order valence-corrected chi connectivity index (χ2v) is 5.40. The van der Waals surface area contributed by atoms with E-state index in [2.05, 4.69) is 4.98 Å². The molecule has 0 fully saturated rings. The van der Waals surface area contributed by atoms with Crippen LogP contribution in [-0.4, -0.2) is 16.1 Å². The van der Waals surface area contributed by atoms with Gasteiger partial charge in [0.25, 0.3) is 0 Å². The van der Waals surface area contributed by atoms with Crippen molar-refractivity contribution < 1.29 is 23.1 Å². The number of hydrogen-bond donors (Lipinski definition) is 1. The monoisotopic (exact) mass is 331 g/mol. The van der Waals surface area contributed by atoms with Crippen molar-refractivity contribution in [3.63, 3.8) is 0 Å². The maximum atomic E-state index is 12.9. The first kappa shape index (κ1) is 16.0. The molecule has 0 spiro atoms. The van der Waals surface area contributed by atoms with Crippen molar-refractivity contribution in [3.8, 4) is 11.3 Å². The van der Waals surface area contributed by atoms with Gasteiger partial charge in [0.2, 0.25) is 0 Å². The summed E-state index contributed by atoms with van der Waals surface area (Å²) >= 11 is 0. The lowest BCUT2D eigenvalue weighted by atomic mass is 10.00. The first-order valence-electron chi connectivity index (χ1n) is 7.08. The molecule has 6 heteroatoms. The Hall–Kier alpha value is -2.89. The highest BCUT2D eigenvalue weighted by atomic mass is 19.4. The van der Waals surface area contributed by atoms with Crippen LogP contribution in [0.3, 0.4) is 0 Å². The molecule has 0 atom stereocenters. The van der Waals surface area contributed by atoms with Gasteiger partial charge in [0.05, 0.1) is 22.3 Å². The van der Waals surface area contributed by atoms with Crippen LogP contribution in [0.1, 0.15) is 21.5 Å². The highest BCUT2D eigenvalue weighted by Crippen LogP contribution is 2.33. The van der Waals surface area contributed by atoms with Gasteiger partial charge >= 0.3 is 12.1 Å². The summed E-state index contributed by atoms with van der Waals surface area (Å²) in [4.78, 5) is 15.9. The summed E-state index contributed by atoms with van der Waals surface area (Å²) in [6.45, 7) is 1.86. The van der Waals surface area contributed by atoms with Crippen molar-refractivity contribution in [3.05, 3.63) is 65.2 Å². The van der Waals surface area contributed by atoms with Gasteiger partial charge in [-0.1, -0.05) is 24.3 Å². The number of halogens is 3. The van der Waals surface area contributed by atoms with Crippen molar-refractivity contribution in [1.29, 1.82) is 0 Å². The van der Waals surface area contributed by atoms with Gasteiger partial charge in [-0.3, -0.25) is 0 Å². The minimum absolute atomic E-state index is 0.0327. The van der Waals surface area contributed by atoms with E-state index < -0.39 is 17.7 Å². The summed E-state index contributed by atoms with van der Waals surface area (Å²) in [6, 6.07) is 11.5. The molecule has 0 unspecified atom stereocenters. The number of fused-ring (bicyclic) bond motifs is 1. The predicted molar refractivity (Wildman–Crippen MR) is 83.9 cm³/mol. The average Bonchev–Trinajstić information content (AvgIpc) is 2.52. The maximum Gasteiger partial charge on any atom is 0.416 e. The molecule has 122 valence electrons. The van der Waals surface area contributed by atoms with E-state index in [0.29, 0.717) is 5.69 Å². The number of aromatic carboxylic acids is 1. The summed E-state index contributed by atoms with van der Waals surface area (Å²) < 4.78 is 38.6. The molecule has 0 aliphatic heterocycles. The number of carboxylic acid groups (broad SMARTS) is 1. The topological polar surface area (TPSA) is 50.2 Å². The highest BCUT2D eigenvalue weighted by Gasteiger charge is 2.31. The molecule has 0 saturated heterocycles. The van der Waals surface area contributed by atoms with Crippen molar-refractivity contribution >= 4 is 16.9 Å². The van der Waals surface area contributed by atoms with Crippen LogP contribution < -0.4 is 0 Å². The zero-order valence-corrected chi connectivity index (χ0v) is 12.6. The Morgan fingerprint density at radius 2 is 1.79 bits per heavy atom. The quantitative estimate of drug-likeness (QED) is 0.724. The molecule has 24 heavy (non-hydrogen) atoms. The van der Waals surface area contributed by atoms with Gasteiger partial charge in [0.1, 0.15) is 0 Å². The molecule has 3 aromatic rings. The van der Waals surface area contributed by atoms with E-state index in [4.69, 9.17) is 0 Å². The zero-order chi connectivity index (χ0) is 17.5. The minimum Gasteiger partial charge on any atom is -0.478 e. The standard InChI is InChI=1S/C18H12F3NO2/c1-10-4-2-3-5-12(10)16-9-14(17(23)24)13-8-11(18(19,20)21)6-7-15(13)22-16/h2-9H,1H3,(H,23,24). The van der Waals surface area contributed by atoms with E-state index in [-0.39, 0.29) is 16.5 Å². The molecule has 1 aromatic heterocycles. The smallest absolute Gasteiger partial charge is 0.416 e. The van der Waals surface area contributed by atoms with Crippen molar-refractivity contribution in [2.24, 2.45) is 0 Å². The molecule has 1 heterocycles. The highest BCUT2D eigenvalue weighted by molar-refractivity contribution is 6.04. The van der Waals surface area contributed by atoms with Gasteiger partial charge in [-0.15, -0.1) is 0 Å². The van der Waals surface area contributed by atoms with Crippen LogP contribution in [0.2, 0.25) is 0 Å². The number of nitrogens with zero attached hydrogens (tertiary/aromatic N) is 1. The molecule has 2 aromatic carbocycles. The normalized spacial score (nSPS) is 11.7. The van der Waals surface area contributed by atoms with Gasteiger partial charge in [-0.2, -0.15) is 13.2 Å². The molecular weight excluding hydrogens is 319 g/mol. The summed E-state index contributed by atoms with van der Waals surface area (Å²) in [5.74, 6) is -1.29. The number of rotatable bonds is 2. The molecule has 0 amide bonds. The third-order valence-corrected chi connectivity index (χ3v) is 3.79. The Kier molecular flexibility index (Phi) is 3.75. The van der Waals surface area contributed by atoms with Crippen LogP contribution in [-0.2, 0) is 6.18 Å². The summed E-state index contributed by atoms with van der Waals surface area (Å²) in [7, 11) is 0. The molecule has 3 rings (SSSR count). The largest absolute Gasteiger partial charge is 0.478 e. The third kappa shape index (κ3) is 2.82. The lowest BCUT2D eigenvalue weighted by Gasteiger charge is -2.12. The third-order valence-electron chi connectivity index (χ3n) is 3.79. The van der Waals surface area contributed by atoms with Gasteiger partial charge < -0.3 is 5.11 Å². The SMILES string of the molecule is Cc1ccccc1-c1cc(C(=O)O)c2cc(C(F)(F)F)ccc2n1. The van der Waals surface area contributed by atoms with Gasteiger partial charge in [-0.05, 0) is 36.8 Å². The van der Waals surface area contributed by atoms with Crippen LogP contribution in [0.25, 0.3) is 22.2 Å². The van der Waals surface area contributed by atoms with Crippen LogP contribution >= 0.6 is 0 Å². The first-order chi connectivity index (χ1) is 11.3. The van der Waals surface area contributed by atoms with Crippen LogP contribution in [0, 0.1) is 6.92 Å². The van der Waals surface area contributed by atoms with Crippen LogP contribution in [0.5, 0.6) is 0 Å². The summed E-state index contributed by atoms with van der Waals surface area (Å²) in [6.07, 6.45) is -4.54. The van der Waals surface area contributed by atoms with Gasteiger partial charge in [0, 0.05) is 10.9 Å². The van der Waals surface area contributed by atoms with Crippen LogP contribution in [0.15, 0.2) is 48.5 Å². The number of benzene rings is 2. The summed E-state index contributed by atoms with van der Waals surface area (Å²) in [5, 5.41) is 9.38. The fourth-order valence-corrected chi connectivity index (χ4v) is 2.58. The van der Waals surface area contributed by atoms with Crippen LogP contribution in [0.4, 0.5) is 13.2 Å². The number of hydrogen-bond acceptors (Lipinski definition) is 2. The molecule has 0 bridgehead atoms. The molecule has 0 aliphatic rings. The first-order valence-corrected chi connectivity index (χ1v) is 7.08. The number of aromatic nitrogens is 1.